The van der Waals surface area contributed by atoms with E-state index in [9.17, 15) is 0 Å². The van der Waals surface area contributed by atoms with Crippen molar-refractivity contribution in [3.8, 4) is 0 Å². The van der Waals surface area contributed by atoms with Crippen LogP contribution >= 0.6 is 0 Å². The van der Waals surface area contributed by atoms with Crippen molar-refractivity contribution in [1.82, 2.24) is 10.2 Å². The fourth-order valence-electron chi connectivity index (χ4n) is 3.39. The summed E-state index contributed by atoms with van der Waals surface area (Å²) in [6, 6.07) is 2.08. The van der Waals surface area contributed by atoms with Crippen LogP contribution in [0, 0.1) is 0 Å². The van der Waals surface area contributed by atoms with Gasteiger partial charge in [0.05, 0.1) is 12.2 Å². The van der Waals surface area contributed by atoms with Gasteiger partial charge in [-0.15, -0.1) is 0 Å². The average Bonchev–Trinajstić information content (AvgIpc) is 3.18. The molecule has 0 bridgehead atoms. The van der Waals surface area contributed by atoms with E-state index in [-0.39, 0.29) is 5.60 Å². The van der Waals surface area contributed by atoms with Crippen LogP contribution in [0.4, 0.5) is 0 Å². The fraction of sp³-hybridized carbons (Fsp3) is 1.00. The summed E-state index contributed by atoms with van der Waals surface area (Å²) >= 11 is 0. The summed E-state index contributed by atoms with van der Waals surface area (Å²) in [4.78, 5) is 2.53. The van der Waals surface area contributed by atoms with E-state index in [1.807, 2.05) is 0 Å². The summed E-state index contributed by atoms with van der Waals surface area (Å²) in [7, 11) is 2.26. The van der Waals surface area contributed by atoms with Crippen molar-refractivity contribution >= 4 is 0 Å². The second-order valence-electron chi connectivity index (χ2n) is 6.68. The van der Waals surface area contributed by atoms with Crippen molar-refractivity contribution in [3.63, 3.8) is 0 Å². The molecule has 0 aromatic heterocycles. The van der Waals surface area contributed by atoms with Gasteiger partial charge in [0.25, 0.3) is 0 Å². The predicted molar refractivity (Wildman–Crippen MR) is 75.4 cm³/mol. The van der Waals surface area contributed by atoms with Crippen molar-refractivity contribution in [3.05, 3.63) is 0 Å². The van der Waals surface area contributed by atoms with E-state index >= 15 is 0 Å². The molecule has 0 amide bonds. The molecule has 3 atom stereocenters. The highest BCUT2D eigenvalue weighted by molar-refractivity contribution is 4.93. The highest BCUT2D eigenvalue weighted by Gasteiger charge is 2.41. The number of hydrogen-bond donors (Lipinski definition) is 1. The molecular weight excluding hydrogens is 240 g/mol. The molecule has 0 radical (unpaired) electrons. The molecule has 4 heteroatoms. The normalized spacial score (nSPS) is 37.1. The molecule has 2 heterocycles. The van der Waals surface area contributed by atoms with Gasteiger partial charge in [-0.25, -0.2) is 0 Å². The molecule has 19 heavy (non-hydrogen) atoms. The third-order valence-electron chi connectivity index (χ3n) is 5.08. The van der Waals surface area contributed by atoms with Gasteiger partial charge >= 0.3 is 0 Å². The van der Waals surface area contributed by atoms with Crippen LogP contribution in [-0.4, -0.2) is 62.0 Å². The van der Waals surface area contributed by atoms with Crippen molar-refractivity contribution < 1.29 is 9.47 Å². The Hall–Kier alpha value is -0.160. The topological polar surface area (TPSA) is 33.7 Å². The maximum atomic E-state index is 5.98. The minimum atomic E-state index is 0.0293. The number of ether oxygens (including phenoxy) is 2. The molecule has 3 unspecified atom stereocenters. The highest BCUT2D eigenvalue weighted by atomic mass is 16.6. The van der Waals surface area contributed by atoms with Gasteiger partial charge in [-0.3, -0.25) is 4.90 Å². The van der Waals surface area contributed by atoms with Crippen LogP contribution in [0.5, 0.6) is 0 Å². The standard InChI is InChI=1S/C15H28N2O2/c1-12(17(2)14-3-4-14)10-16-13-5-7-19-15(9-13)6-8-18-11-15/h12-14,16H,3-11H2,1-2H3. The summed E-state index contributed by atoms with van der Waals surface area (Å²) in [6.07, 6.45) is 6.11. The predicted octanol–water partition coefficient (Wildman–Crippen LogP) is 1.40. The Bertz CT molecular complexity index is 301. The van der Waals surface area contributed by atoms with Gasteiger partial charge in [0, 0.05) is 44.3 Å². The third-order valence-corrected chi connectivity index (χ3v) is 5.08. The summed E-state index contributed by atoms with van der Waals surface area (Å²) < 4.78 is 11.5. The monoisotopic (exact) mass is 268 g/mol. The maximum Gasteiger partial charge on any atom is 0.0951 e. The van der Waals surface area contributed by atoms with E-state index in [1.54, 1.807) is 0 Å². The van der Waals surface area contributed by atoms with Crippen molar-refractivity contribution in [2.24, 2.45) is 0 Å². The fourth-order valence-corrected chi connectivity index (χ4v) is 3.39. The van der Waals surface area contributed by atoms with Crippen LogP contribution in [-0.2, 0) is 9.47 Å². The lowest BCUT2D eigenvalue weighted by Gasteiger charge is -2.38. The molecule has 0 aromatic rings. The first-order chi connectivity index (χ1) is 9.19. The molecule has 1 spiro atoms. The average molecular weight is 268 g/mol. The zero-order valence-corrected chi connectivity index (χ0v) is 12.4. The molecule has 3 aliphatic rings. The number of rotatable bonds is 5. The molecule has 1 saturated carbocycles. The van der Waals surface area contributed by atoms with E-state index in [1.165, 1.54) is 12.8 Å². The first kappa shape index (κ1) is 13.8. The van der Waals surface area contributed by atoms with Crippen LogP contribution in [0.3, 0.4) is 0 Å². The number of likely N-dealkylation sites (N-methyl/N-ethyl adjacent to an activating group) is 1. The lowest BCUT2D eigenvalue weighted by Crippen LogP contribution is -2.50. The smallest absolute Gasteiger partial charge is 0.0951 e. The van der Waals surface area contributed by atoms with Crippen LogP contribution in [0.2, 0.25) is 0 Å². The quantitative estimate of drug-likeness (QED) is 0.817. The van der Waals surface area contributed by atoms with E-state index in [2.05, 4.69) is 24.2 Å². The van der Waals surface area contributed by atoms with E-state index in [0.29, 0.717) is 12.1 Å². The second kappa shape index (κ2) is 5.68. The highest BCUT2D eigenvalue weighted by Crippen LogP contribution is 2.33. The van der Waals surface area contributed by atoms with E-state index in [4.69, 9.17) is 9.47 Å². The minimum Gasteiger partial charge on any atom is -0.378 e. The van der Waals surface area contributed by atoms with E-state index in [0.717, 1.165) is 51.7 Å². The summed E-state index contributed by atoms with van der Waals surface area (Å²) in [6.45, 7) is 5.97. The number of hydrogen-bond acceptors (Lipinski definition) is 4. The van der Waals surface area contributed by atoms with Gasteiger partial charge in [0.15, 0.2) is 0 Å². The Labute approximate surface area is 116 Å². The molecule has 1 aliphatic carbocycles. The maximum absolute atomic E-state index is 5.98. The van der Waals surface area contributed by atoms with Crippen LogP contribution in [0.1, 0.15) is 39.0 Å². The largest absolute Gasteiger partial charge is 0.378 e. The molecule has 0 aromatic carbocycles. The SMILES string of the molecule is CC(CNC1CCOC2(CCOC2)C1)N(C)C1CC1. The van der Waals surface area contributed by atoms with Crippen molar-refractivity contribution in [1.29, 1.82) is 0 Å². The van der Waals surface area contributed by atoms with Crippen molar-refractivity contribution in [2.75, 3.05) is 33.4 Å². The lowest BCUT2D eigenvalue weighted by molar-refractivity contribution is -0.0896. The molecule has 2 aliphatic heterocycles. The van der Waals surface area contributed by atoms with Gasteiger partial charge in [0.2, 0.25) is 0 Å². The summed E-state index contributed by atoms with van der Waals surface area (Å²) in [5.74, 6) is 0. The van der Waals surface area contributed by atoms with Gasteiger partial charge in [-0.2, -0.15) is 0 Å². The van der Waals surface area contributed by atoms with Crippen LogP contribution in [0.25, 0.3) is 0 Å². The lowest BCUT2D eigenvalue weighted by atomic mass is 9.89. The summed E-state index contributed by atoms with van der Waals surface area (Å²) in [5, 5.41) is 3.76. The second-order valence-corrected chi connectivity index (χ2v) is 6.68. The van der Waals surface area contributed by atoms with E-state index < -0.39 is 0 Å². The first-order valence-electron chi connectivity index (χ1n) is 7.86. The molecule has 1 N–H and O–H groups in total. The van der Waals surface area contributed by atoms with Gasteiger partial charge in [-0.1, -0.05) is 0 Å². The Morgan fingerprint density at radius 3 is 2.84 bits per heavy atom. The Morgan fingerprint density at radius 1 is 1.32 bits per heavy atom. The van der Waals surface area contributed by atoms with Gasteiger partial charge in [-0.05, 0) is 39.7 Å². The first-order valence-corrected chi connectivity index (χ1v) is 7.86. The Kier molecular flexibility index (Phi) is 4.13. The Morgan fingerprint density at radius 2 is 2.16 bits per heavy atom. The minimum absolute atomic E-state index is 0.0293. The zero-order valence-electron chi connectivity index (χ0n) is 12.4. The number of nitrogens with one attached hydrogen (secondary N) is 1. The number of nitrogens with zero attached hydrogens (tertiary/aromatic N) is 1. The molecule has 4 nitrogen and oxygen atoms in total. The molecule has 3 rings (SSSR count). The van der Waals surface area contributed by atoms with Crippen LogP contribution in [0.15, 0.2) is 0 Å². The Balaban J connectivity index is 1.44. The van der Waals surface area contributed by atoms with Crippen molar-refractivity contribution in [2.45, 2.75) is 62.8 Å². The third kappa shape index (κ3) is 3.30. The van der Waals surface area contributed by atoms with Crippen LogP contribution < -0.4 is 5.32 Å². The molecule has 110 valence electrons. The van der Waals surface area contributed by atoms with Gasteiger partial charge in [0.1, 0.15) is 0 Å². The molecule has 2 saturated heterocycles. The summed E-state index contributed by atoms with van der Waals surface area (Å²) in [5.41, 5.74) is 0.0293. The molecular formula is C15H28N2O2. The molecule has 3 fully saturated rings. The van der Waals surface area contributed by atoms with Gasteiger partial charge < -0.3 is 14.8 Å². The zero-order chi connectivity index (χ0) is 13.3.